The van der Waals surface area contributed by atoms with Crippen LogP contribution in [0, 0.1) is 6.92 Å². The molecule has 3 nitrogen and oxygen atoms in total. The molecule has 6 heteroatoms. The largest absolute Gasteiger partial charge is 0.469 e. The molecular weight excluding hydrogens is 259 g/mol. The molecule has 0 fully saturated rings. The van der Waals surface area contributed by atoms with Crippen LogP contribution in [0.15, 0.2) is 41.0 Å². The molecule has 100 valence electrons. The van der Waals surface area contributed by atoms with Gasteiger partial charge < -0.3 is 9.73 Å². The molecule has 0 radical (unpaired) electrons. The lowest BCUT2D eigenvalue weighted by molar-refractivity contribution is -0.136. The lowest BCUT2D eigenvalue weighted by Crippen LogP contribution is -2.16. The Bertz CT molecular complexity index is 602. The van der Waals surface area contributed by atoms with Gasteiger partial charge in [0.2, 0.25) is 0 Å². The third kappa shape index (κ3) is 2.78. The number of hydrogen-bond donors (Lipinski definition) is 1. The van der Waals surface area contributed by atoms with Gasteiger partial charge in [0.15, 0.2) is 0 Å². The van der Waals surface area contributed by atoms with Crippen LogP contribution in [0.5, 0.6) is 0 Å². The fourth-order valence-corrected chi connectivity index (χ4v) is 1.65. The molecule has 2 aromatic rings. The molecule has 0 bridgehead atoms. The van der Waals surface area contributed by atoms with Crippen molar-refractivity contribution in [3.63, 3.8) is 0 Å². The summed E-state index contributed by atoms with van der Waals surface area (Å²) in [6, 6.07) is 6.21. The smallest absolute Gasteiger partial charge is 0.418 e. The molecule has 1 amide bonds. The highest BCUT2D eigenvalue weighted by atomic mass is 19.4. The van der Waals surface area contributed by atoms with Crippen molar-refractivity contribution in [2.75, 3.05) is 5.32 Å². The Morgan fingerprint density at radius 3 is 2.47 bits per heavy atom. The van der Waals surface area contributed by atoms with E-state index in [0.29, 0.717) is 5.76 Å². The van der Waals surface area contributed by atoms with Crippen molar-refractivity contribution < 1.29 is 22.4 Å². The van der Waals surface area contributed by atoms with E-state index >= 15 is 0 Å². The first-order valence-electron chi connectivity index (χ1n) is 5.41. The van der Waals surface area contributed by atoms with Crippen LogP contribution in [0.4, 0.5) is 18.9 Å². The number of carbonyl (C=O) groups is 1. The normalized spacial score (nSPS) is 11.4. The minimum atomic E-state index is -4.52. The van der Waals surface area contributed by atoms with E-state index in [2.05, 4.69) is 5.32 Å². The Morgan fingerprint density at radius 2 is 1.89 bits per heavy atom. The van der Waals surface area contributed by atoms with Crippen molar-refractivity contribution in [3.05, 3.63) is 53.5 Å². The third-order valence-corrected chi connectivity index (χ3v) is 2.58. The van der Waals surface area contributed by atoms with Crippen molar-refractivity contribution in [3.8, 4) is 0 Å². The molecule has 0 atom stereocenters. The second-order valence-electron chi connectivity index (χ2n) is 3.89. The molecule has 0 spiro atoms. The monoisotopic (exact) mass is 269 g/mol. The number of para-hydroxylation sites is 1. The Balaban J connectivity index is 2.30. The molecule has 1 aromatic carbocycles. The zero-order chi connectivity index (χ0) is 14.0. The summed E-state index contributed by atoms with van der Waals surface area (Å²) >= 11 is 0. The van der Waals surface area contributed by atoms with E-state index in [-0.39, 0.29) is 11.3 Å². The van der Waals surface area contributed by atoms with Gasteiger partial charge in [-0.2, -0.15) is 13.2 Å². The zero-order valence-corrected chi connectivity index (χ0v) is 9.91. The fourth-order valence-electron chi connectivity index (χ4n) is 1.65. The molecule has 0 saturated heterocycles. The summed E-state index contributed by atoms with van der Waals surface area (Å²) in [5.74, 6) is -0.287. The molecule has 0 aliphatic carbocycles. The number of halogens is 3. The SMILES string of the molecule is Cc1occc1C(=O)Nc1ccccc1C(F)(F)F. The quantitative estimate of drug-likeness (QED) is 0.899. The van der Waals surface area contributed by atoms with Gasteiger partial charge in [-0.05, 0) is 25.1 Å². The number of aryl methyl sites for hydroxylation is 1. The molecule has 0 unspecified atom stereocenters. The molecule has 1 aromatic heterocycles. The van der Waals surface area contributed by atoms with Gasteiger partial charge in [0.05, 0.1) is 23.1 Å². The van der Waals surface area contributed by atoms with Crippen LogP contribution in [-0.4, -0.2) is 5.91 Å². The summed E-state index contributed by atoms with van der Waals surface area (Å²) in [5, 5.41) is 2.24. The lowest BCUT2D eigenvalue weighted by atomic mass is 10.1. The number of benzene rings is 1. The van der Waals surface area contributed by atoms with E-state index in [9.17, 15) is 18.0 Å². The van der Waals surface area contributed by atoms with Crippen molar-refractivity contribution in [2.45, 2.75) is 13.1 Å². The minimum absolute atomic E-state index is 0.206. The van der Waals surface area contributed by atoms with Gasteiger partial charge in [0.25, 0.3) is 5.91 Å². The Hall–Kier alpha value is -2.24. The maximum atomic E-state index is 12.8. The Labute approximate surface area is 107 Å². The van der Waals surface area contributed by atoms with Gasteiger partial charge in [-0.1, -0.05) is 12.1 Å². The fraction of sp³-hybridized carbons (Fsp3) is 0.154. The second kappa shape index (κ2) is 4.79. The summed E-state index contributed by atoms with van der Waals surface area (Å²) in [6.45, 7) is 1.56. The van der Waals surface area contributed by atoms with Gasteiger partial charge in [-0.15, -0.1) is 0 Å². The number of amides is 1. The van der Waals surface area contributed by atoms with Crippen LogP contribution < -0.4 is 5.32 Å². The highest BCUT2D eigenvalue weighted by Gasteiger charge is 2.33. The van der Waals surface area contributed by atoms with Crippen molar-refractivity contribution in [2.24, 2.45) is 0 Å². The van der Waals surface area contributed by atoms with Crippen molar-refractivity contribution in [1.29, 1.82) is 0 Å². The summed E-state index contributed by atoms with van der Waals surface area (Å²) in [5.41, 5.74) is -0.956. The van der Waals surface area contributed by atoms with Crippen LogP contribution >= 0.6 is 0 Å². The Kier molecular flexibility index (Phi) is 3.33. The molecule has 1 heterocycles. The van der Waals surface area contributed by atoms with Gasteiger partial charge in [-0.3, -0.25) is 4.79 Å². The average molecular weight is 269 g/mol. The standard InChI is InChI=1S/C13H10F3NO2/c1-8-9(6-7-19-8)12(18)17-11-5-3-2-4-10(11)13(14,15)16/h2-7H,1H3,(H,17,18). The van der Waals surface area contributed by atoms with Gasteiger partial charge >= 0.3 is 6.18 Å². The maximum Gasteiger partial charge on any atom is 0.418 e. The molecule has 0 saturated carbocycles. The second-order valence-corrected chi connectivity index (χ2v) is 3.89. The van der Waals surface area contributed by atoms with Crippen LogP contribution in [-0.2, 0) is 6.18 Å². The van der Waals surface area contributed by atoms with Crippen molar-refractivity contribution >= 4 is 11.6 Å². The zero-order valence-electron chi connectivity index (χ0n) is 9.91. The van der Waals surface area contributed by atoms with E-state index < -0.39 is 17.6 Å². The number of hydrogen-bond acceptors (Lipinski definition) is 2. The summed E-state index contributed by atoms with van der Waals surface area (Å²) < 4.78 is 43.2. The number of alkyl halides is 3. The molecule has 0 aliphatic rings. The Morgan fingerprint density at radius 1 is 1.21 bits per heavy atom. The molecular formula is C13H10F3NO2. The van der Waals surface area contributed by atoms with Gasteiger partial charge in [0.1, 0.15) is 5.76 Å². The van der Waals surface area contributed by atoms with E-state index in [0.717, 1.165) is 6.07 Å². The van der Waals surface area contributed by atoms with E-state index in [1.807, 2.05) is 0 Å². The topological polar surface area (TPSA) is 42.2 Å². The number of furan rings is 1. The first-order chi connectivity index (χ1) is 8.89. The first kappa shape index (κ1) is 13.2. The molecule has 1 N–H and O–H groups in total. The van der Waals surface area contributed by atoms with E-state index in [1.165, 1.54) is 30.5 Å². The average Bonchev–Trinajstić information content (AvgIpc) is 2.75. The number of carbonyl (C=O) groups excluding carboxylic acids is 1. The number of rotatable bonds is 2. The summed E-state index contributed by atoms with van der Waals surface area (Å²) in [7, 11) is 0. The predicted molar refractivity (Wildman–Crippen MR) is 62.8 cm³/mol. The summed E-state index contributed by atoms with van der Waals surface area (Å²) in [4.78, 5) is 11.8. The number of anilines is 1. The molecule has 2 rings (SSSR count). The molecule has 19 heavy (non-hydrogen) atoms. The van der Waals surface area contributed by atoms with E-state index in [1.54, 1.807) is 6.92 Å². The highest BCUT2D eigenvalue weighted by molar-refractivity contribution is 6.05. The lowest BCUT2D eigenvalue weighted by Gasteiger charge is -2.13. The van der Waals surface area contributed by atoms with Crippen LogP contribution in [0.25, 0.3) is 0 Å². The number of nitrogens with one attached hydrogen (secondary N) is 1. The van der Waals surface area contributed by atoms with Crippen LogP contribution in [0.3, 0.4) is 0 Å². The van der Waals surface area contributed by atoms with Crippen LogP contribution in [0.2, 0.25) is 0 Å². The third-order valence-electron chi connectivity index (χ3n) is 2.58. The van der Waals surface area contributed by atoms with Gasteiger partial charge in [0, 0.05) is 0 Å². The minimum Gasteiger partial charge on any atom is -0.469 e. The summed E-state index contributed by atoms with van der Waals surface area (Å²) in [6.07, 6.45) is -3.21. The van der Waals surface area contributed by atoms with Crippen LogP contribution in [0.1, 0.15) is 21.7 Å². The predicted octanol–water partition coefficient (Wildman–Crippen LogP) is 3.86. The highest BCUT2D eigenvalue weighted by Crippen LogP contribution is 2.34. The maximum absolute atomic E-state index is 12.8. The molecule has 0 aliphatic heterocycles. The van der Waals surface area contributed by atoms with Crippen molar-refractivity contribution in [1.82, 2.24) is 0 Å². The first-order valence-corrected chi connectivity index (χ1v) is 5.41. The van der Waals surface area contributed by atoms with E-state index in [4.69, 9.17) is 4.42 Å². The van der Waals surface area contributed by atoms with Gasteiger partial charge in [-0.25, -0.2) is 0 Å².